The van der Waals surface area contributed by atoms with Gasteiger partial charge in [0.25, 0.3) is 0 Å². The van der Waals surface area contributed by atoms with E-state index < -0.39 is 8.07 Å². The van der Waals surface area contributed by atoms with Gasteiger partial charge in [0.2, 0.25) is 0 Å². The molecule has 0 fully saturated rings. The Labute approximate surface area is 144 Å². The van der Waals surface area contributed by atoms with Crippen LogP contribution in [0, 0.1) is 14.9 Å². The van der Waals surface area contributed by atoms with E-state index in [1.54, 1.807) is 0 Å². The van der Waals surface area contributed by atoms with Crippen molar-refractivity contribution in [3.05, 3.63) is 26.5 Å². The molecule has 0 amide bonds. The third-order valence-electron chi connectivity index (χ3n) is 3.12. The van der Waals surface area contributed by atoms with Crippen LogP contribution in [-0.4, -0.2) is 24.2 Å². The minimum Gasteiger partial charge on any atom is -0.361 e. The minimum atomic E-state index is -1.07. The van der Waals surface area contributed by atoms with Crippen molar-refractivity contribution in [1.29, 1.82) is 5.26 Å². The molecule has 0 saturated carbocycles. The van der Waals surface area contributed by atoms with Gasteiger partial charge in [0.05, 0.1) is 16.0 Å². The lowest BCUT2D eigenvalue weighted by molar-refractivity contribution is 0.0898. The van der Waals surface area contributed by atoms with Crippen LogP contribution in [0.1, 0.15) is 5.56 Å². The number of rotatable bonds is 5. The van der Waals surface area contributed by atoms with Crippen molar-refractivity contribution in [3.8, 4) is 6.07 Å². The van der Waals surface area contributed by atoms with Crippen molar-refractivity contribution in [2.75, 3.05) is 6.61 Å². The van der Waals surface area contributed by atoms with Gasteiger partial charge in [-0.3, -0.25) is 0 Å². The molecule has 0 aliphatic carbocycles. The van der Waals surface area contributed by atoms with Gasteiger partial charge >= 0.3 is 0 Å². The second kappa shape index (κ2) is 6.65. The highest BCUT2D eigenvalue weighted by Gasteiger charge is 2.15. The molecule has 0 N–H and O–H groups in total. The van der Waals surface area contributed by atoms with Crippen LogP contribution in [0.15, 0.2) is 12.4 Å². The number of pyridine rings is 1. The number of halogens is 2. The maximum Gasteiger partial charge on any atom is 0.144 e. The number of nitrogens with zero attached hydrogens (tertiary/aromatic N) is 3. The molecule has 4 nitrogen and oxygen atoms in total. The van der Waals surface area contributed by atoms with Gasteiger partial charge in [-0.25, -0.2) is 4.98 Å². The molecule has 0 saturated heterocycles. The quantitative estimate of drug-likeness (QED) is 0.397. The van der Waals surface area contributed by atoms with Crippen molar-refractivity contribution >= 4 is 53.3 Å². The van der Waals surface area contributed by atoms with Crippen molar-refractivity contribution in [3.63, 3.8) is 0 Å². The zero-order valence-electron chi connectivity index (χ0n) is 12.3. The van der Waals surface area contributed by atoms with Gasteiger partial charge < -0.3 is 9.30 Å². The summed E-state index contributed by atoms with van der Waals surface area (Å²) < 4.78 is 8.68. The number of ether oxygens (including phenoxy) is 1. The highest BCUT2D eigenvalue weighted by atomic mass is 127. The van der Waals surface area contributed by atoms with Crippen LogP contribution in [0.4, 0.5) is 0 Å². The summed E-state index contributed by atoms with van der Waals surface area (Å²) >= 11 is 8.47. The first-order valence-corrected chi connectivity index (χ1v) is 11.8. The van der Waals surface area contributed by atoms with Crippen molar-refractivity contribution in [2.24, 2.45) is 0 Å². The van der Waals surface area contributed by atoms with Gasteiger partial charge in [-0.2, -0.15) is 5.26 Å². The molecular formula is C14H17ClIN3OSi. The number of fused-ring (bicyclic) bond motifs is 1. The predicted molar refractivity (Wildman–Crippen MR) is 96.3 cm³/mol. The van der Waals surface area contributed by atoms with E-state index in [0.29, 0.717) is 17.3 Å². The molecule has 21 heavy (non-hydrogen) atoms. The van der Waals surface area contributed by atoms with Crippen LogP contribution < -0.4 is 0 Å². The summed E-state index contributed by atoms with van der Waals surface area (Å²) in [6.07, 6.45) is 3.47. The lowest BCUT2D eigenvalue weighted by Gasteiger charge is -2.15. The van der Waals surface area contributed by atoms with Gasteiger partial charge in [-0.05, 0) is 28.6 Å². The molecule has 0 bridgehead atoms. The Morgan fingerprint density at radius 2 is 2.19 bits per heavy atom. The zero-order chi connectivity index (χ0) is 15.6. The molecule has 0 spiro atoms. The van der Waals surface area contributed by atoms with Crippen LogP contribution in [-0.2, 0) is 11.5 Å². The Morgan fingerprint density at radius 1 is 1.48 bits per heavy atom. The van der Waals surface area contributed by atoms with Gasteiger partial charge in [0.15, 0.2) is 0 Å². The van der Waals surface area contributed by atoms with Crippen LogP contribution >= 0.6 is 34.2 Å². The third kappa shape index (κ3) is 3.97. The number of hydrogen-bond donors (Lipinski definition) is 0. The molecule has 7 heteroatoms. The van der Waals surface area contributed by atoms with Gasteiger partial charge in [-0.15, -0.1) is 0 Å². The summed E-state index contributed by atoms with van der Waals surface area (Å²) in [6.45, 7) is 8.20. The summed E-state index contributed by atoms with van der Waals surface area (Å²) in [7, 11) is -1.07. The maximum absolute atomic E-state index is 9.02. The summed E-state index contributed by atoms with van der Waals surface area (Å²) in [4.78, 5) is 4.34. The standard InChI is InChI=1S/C14H17ClIN3OSi/c1-21(2,3)5-4-20-9-19-8-11(16)12-13(15)10(6-17)7-18-14(12)19/h7-8H,4-5,9H2,1-3H3. The largest absolute Gasteiger partial charge is 0.361 e. The van der Waals surface area contributed by atoms with Crippen molar-refractivity contribution in [1.82, 2.24) is 9.55 Å². The monoisotopic (exact) mass is 433 g/mol. The van der Waals surface area contributed by atoms with Crippen molar-refractivity contribution < 1.29 is 4.74 Å². The number of aromatic nitrogens is 2. The highest BCUT2D eigenvalue weighted by Crippen LogP contribution is 2.30. The molecule has 2 aromatic heterocycles. The van der Waals surface area contributed by atoms with Crippen LogP contribution in [0.2, 0.25) is 30.7 Å². The van der Waals surface area contributed by atoms with E-state index in [2.05, 4.69) is 53.3 Å². The third-order valence-corrected chi connectivity index (χ3v) is 6.04. The maximum atomic E-state index is 9.02. The van der Waals surface area contributed by atoms with E-state index in [1.807, 2.05) is 10.8 Å². The Morgan fingerprint density at radius 3 is 2.81 bits per heavy atom. The molecule has 0 aliphatic heterocycles. The second-order valence-corrected chi connectivity index (χ2v) is 13.3. The molecule has 0 aliphatic rings. The second-order valence-electron chi connectivity index (χ2n) is 6.09. The molecule has 0 radical (unpaired) electrons. The van der Waals surface area contributed by atoms with E-state index >= 15 is 0 Å². The lowest BCUT2D eigenvalue weighted by atomic mass is 10.2. The summed E-state index contributed by atoms with van der Waals surface area (Å²) in [5, 5.41) is 10.3. The lowest BCUT2D eigenvalue weighted by Crippen LogP contribution is -2.22. The van der Waals surface area contributed by atoms with E-state index in [0.717, 1.165) is 27.3 Å². The van der Waals surface area contributed by atoms with Gasteiger partial charge in [0, 0.05) is 30.6 Å². The SMILES string of the molecule is C[Si](C)(C)CCOCn1cc(I)c2c(Cl)c(C#N)cnc21. The topological polar surface area (TPSA) is 50.8 Å². The Balaban J connectivity index is 2.19. The average Bonchev–Trinajstić information content (AvgIpc) is 2.72. The van der Waals surface area contributed by atoms with Crippen LogP contribution in [0.25, 0.3) is 11.0 Å². The first-order chi connectivity index (χ1) is 9.83. The van der Waals surface area contributed by atoms with Gasteiger partial charge in [-0.1, -0.05) is 31.2 Å². The summed E-state index contributed by atoms with van der Waals surface area (Å²) in [5.41, 5.74) is 1.16. The Hall–Kier alpha value is -0.623. The van der Waals surface area contributed by atoms with E-state index in [-0.39, 0.29) is 0 Å². The smallest absolute Gasteiger partial charge is 0.144 e. The average molecular weight is 434 g/mol. The fourth-order valence-corrected chi connectivity index (χ4v) is 3.93. The molecule has 2 aromatic rings. The zero-order valence-corrected chi connectivity index (χ0v) is 16.2. The molecule has 0 aromatic carbocycles. The van der Waals surface area contributed by atoms with Crippen LogP contribution in [0.5, 0.6) is 0 Å². The molecule has 2 rings (SSSR count). The fourth-order valence-electron chi connectivity index (χ4n) is 1.89. The molecular weight excluding hydrogens is 417 g/mol. The Kier molecular flexibility index (Phi) is 5.30. The summed E-state index contributed by atoms with van der Waals surface area (Å²) in [5.74, 6) is 0. The number of nitriles is 1. The summed E-state index contributed by atoms with van der Waals surface area (Å²) in [6, 6.07) is 3.19. The fraction of sp³-hybridized carbons (Fsp3) is 0.429. The predicted octanol–water partition coefficient (Wildman–Crippen LogP) is 4.48. The van der Waals surface area contributed by atoms with E-state index in [9.17, 15) is 0 Å². The van der Waals surface area contributed by atoms with Crippen LogP contribution in [0.3, 0.4) is 0 Å². The Bertz CT molecular complexity index is 703. The molecule has 0 unspecified atom stereocenters. The molecule has 0 atom stereocenters. The minimum absolute atomic E-state index is 0.402. The normalized spacial score (nSPS) is 11.8. The first kappa shape index (κ1) is 16.7. The van der Waals surface area contributed by atoms with Crippen molar-refractivity contribution in [2.45, 2.75) is 32.4 Å². The number of hydrogen-bond acceptors (Lipinski definition) is 3. The highest BCUT2D eigenvalue weighted by molar-refractivity contribution is 14.1. The van der Waals surface area contributed by atoms with E-state index in [4.69, 9.17) is 21.6 Å². The molecule has 112 valence electrons. The molecule has 2 heterocycles. The van der Waals surface area contributed by atoms with E-state index in [1.165, 1.54) is 6.20 Å². The first-order valence-electron chi connectivity index (χ1n) is 6.64. The van der Waals surface area contributed by atoms with Gasteiger partial charge in [0.1, 0.15) is 18.4 Å².